The van der Waals surface area contributed by atoms with E-state index in [1.54, 1.807) is 11.1 Å². The number of fused-ring (bicyclic) bond motifs is 1. The van der Waals surface area contributed by atoms with Crippen molar-refractivity contribution >= 4 is 0 Å². The molecule has 1 aromatic carbocycles. The lowest BCUT2D eigenvalue weighted by Crippen LogP contribution is -2.34. The van der Waals surface area contributed by atoms with Crippen molar-refractivity contribution < 1.29 is 0 Å². The molecule has 1 heteroatoms. The highest BCUT2D eigenvalue weighted by Crippen LogP contribution is 2.38. The average molecular weight is 243 g/mol. The van der Waals surface area contributed by atoms with Crippen LogP contribution < -0.4 is 5.32 Å². The van der Waals surface area contributed by atoms with Gasteiger partial charge in [0.1, 0.15) is 0 Å². The highest BCUT2D eigenvalue weighted by Gasteiger charge is 2.30. The molecule has 0 heterocycles. The predicted molar refractivity (Wildman–Crippen MR) is 76.7 cm³/mol. The van der Waals surface area contributed by atoms with Crippen molar-refractivity contribution in [3.05, 3.63) is 35.4 Å². The Morgan fingerprint density at radius 2 is 1.94 bits per heavy atom. The first-order chi connectivity index (χ1) is 8.77. The van der Waals surface area contributed by atoms with Crippen molar-refractivity contribution in [2.75, 3.05) is 6.54 Å². The summed E-state index contributed by atoms with van der Waals surface area (Å²) < 4.78 is 0. The number of hydrogen-bond donors (Lipinski definition) is 1. The summed E-state index contributed by atoms with van der Waals surface area (Å²) in [5, 5.41) is 3.86. The molecular weight excluding hydrogens is 218 g/mol. The molecule has 0 amide bonds. The first-order valence-corrected chi connectivity index (χ1v) is 7.58. The molecule has 1 N–H and O–H groups in total. The molecule has 0 bridgehead atoms. The Balaban J connectivity index is 1.67. The monoisotopic (exact) mass is 243 g/mol. The quantitative estimate of drug-likeness (QED) is 0.837. The van der Waals surface area contributed by atoms with Gasteiger partial charge in [-0.3, -0.25) is 0 Å². The van der Waals surface area contributed by atoms with Gasteiger partial charge in [-0.1, -0.05) is 44.0 Å². The maximum Gasteiger partial charge on any atom is 0.0323 e. The molecule has 1 unspecified atom stereocenters. The summed E-state index contributed by atoms with van der Waals surface area (Å²) in [6.07, 6.45) is 9.60. The van der Waals surface area contributed by atoms with E-state index >= 15 is 0 Å². The van der Waals surface area contributed by atoms with Gasteiger partial charge in [0.2, 0.25) is 0 Å². The zero-order valence-corrected chi connectivity index (χ0v) is 11.5. The molecule has 0 aliphatic heterocycles. The fourth-order valence-corrected chi connectivity index (χ4v) is 3.74. The zero-order chi connectivity index (χ0) is 12.4. The molecule has 2 aliphatic rings. The van der Waals surface area contributed by atoms with Crippen LogP contribution in [0.4, 0.5) is 0 Å². The fourth-order valence-electron chi connectivity index (χ4n) is 3.74. The lowest BCUT2D eigenvalue weighted by molar-refractivity contribution is 0.289. The Morgan fingerprint density at radius 1 is 1.17 bits per heavy atom. The molecule has 1 saturated carbocycles. The summed E-state index contributed by atoms with van der Waals surface area (Å²) in [6, 6.07) is 9.60. The second-order valence-electron chi connectivity index (χ2n) is 6.54. The number of aryl methyl sites for hydroxylation is 1. The van der Waals surface area contributed by atoms with Gasteiger partial charge in [0.25, 0.3) is 0 Å². The van der Waals surface area contributed by atoms with E-state index in [4.69, 9.17) is 0 Å². The standard InChI is InChI=1S/C17H25N/c1-17(11-4-5-12-17)13-18-16-10-6-8-14-7-2-3-9-15(14)16/h2-3,7,9,16,18H,4-6,8,10-13H2,1H3. The predicted octanol–water partition coefficient (Wildman–Crippen LogP) is 4.23. The summed E-state index contributed by atoms with van der Waals surface area (Å²) in [5.41, 5.74) is 3.69. The first kappa shape index (κ1) is 12.2. The van der Waals surface area contributed by atoms with Crippen LogP contribution in [0.25, 0.3) is 0 Å². The fraction of sp³-hybridized carbons (Fsp3) is 0.647. The van der Waals surface area contributed by atoms with Crippen molar-refractivity contribution in [1.29, 1.82) is 0 Å². The second-order valence-corrected chi connectivity index (χ2v) is 6.54. The van der Waals surface area contributed by atoms with E-state index in [-0.39, 0.29) is 0 Å². The smallest absolute Gasteiger partial charge is 0.0323 e. The van der Waals surface area contributed by atoms with Crippen LogP contribution in [0.2, 0.25) is 0 Å². The summed E-state index contributed by atoms with van der Waals surface area (Å²) in [5.74, 6) is 0. The van der Waals surface area contributed by atoms with Gasteiger partial charge in [0.05, 0.1) is 0 Å². The minimum atomic E-state index is 0.562. The summed E-state index contributed by atoms with van der Waals surface area (Å²) in [7, 11) is 0. The summed E-state index contributed by atoms with van der Waals surface area (Å²) >= 11 is 0. The van der Waals surface area contributed by atoms with E-state index < -0.39 is 0 Å². The number of rotatable bonds is 3. The Labute approximate surface area is 111 Å². The van der Waals surface area contributed by atoms with E-state index in [1.807, 2.05) is 0 Å². The topological polar surface area (TPSA) is 12.0 Å². The van der Waals surface area contributed by atoms with Gasteiger partial charge >= 0.3 is 0 Å². The molecule has 18 heavy (non-hydrogen) atoms. The van der Waals surface area contributed by atoms with Crippen LogP contribution in [0.3, 0.4) is 0 Å². The number of hydrogen-bond acceptors (Lipinski definition) is 1. The minimum absolute atomic E-state index is 0.562. The Kier molecular flexibility index (Phi) is 3.43. The van der Waals surface area contributed by atoms with Crippen LogP contribution in [0.15, 0.2) is 24.3 Å². The van der Waals surface area contributed by atoms with Crippen LogP contribution in [0.1, 0.15) is 62.6 Å². The average Bonchev–Trinajstić information content (AvgIpc) is 2.84. The van der Waals surface area contributed by atoms with Crippen LogP contribution in [-0.4, -0.2) is 6.54 Å². The zero-order valence-electron chi connectivity index (χ0n) is 11.5. The van der Waals surface area contributed by atoms with Crippen molar-refractivity contribution in [2.45, 2.75) is 57.9 Å². The summed E-state index contributed by atoms with van der Waals surface area (Å²) in [6.45, 7) is 3.66. The Hall–Kier alpha value is -0.820. The third-order valence-electron chi connectivity index (χ3n) is 4.96. The van der Waals surface area contributed by atoms with Crippen LogP contribution in [-0.2, 0) is 6.42 Å². The van der Waals surface area contributed by atoms with Crippen molar-refractivity contribution in [2.24, 2.45) is 5.41 Å². The van der Waals surface area contributed by atoms with Crippen molar-refractivity contribution in [1.82, 2.24) is 5.32 Å². The van der Waals surface area contributed by atoms with E-state index in [2.05, 4.69) is 36.5 Å². The second kappa shape index (κ2) is 5.05. The maximum atomic E-state index is 3.86. The molecule has 0 radical (unpaired) electrons. The molecule has 3 rings (SSSR count). The van der Waals surface area contributed by atoms with Gasteiger partial charge in [0, 0.05) is 12.6 Å². The minimum Gasteiger partial charge on any atom is -0.309 e. The number of nitrogens with one attached hydrogen (secondary N) is 1. The van der Waals surface area contributed by atoms with Gasteiger partial charge in [-0.2, -0.15) is 0 Å². The van der Waals surface area contributed by atoms with E-state index in [0.29, 0.717) is 11.5 Å². The van der Waals surface area contributed by atoms with Crippen LogP contribution in [0.5, 0.6) is 0 Å². The molecule has 98 valence electrons. The number of benzene rings is 1. The molecule has 1 nitrogen and oxygen atoms in total. The third kappa shape index (κ3) is 2.47. The molecule has 0 saturated heterocycles. The highest BCUT2D eigenvalue weighted by molar-refractivity contribution is 5.32. The van der Waals surface area contributed by atoms with Gasteiger partial charge in [0.15, 0.2) is 0 Å². The lowest BCUT2D eigenvalue weighted by atomic mass is 9.85. The molecular formula is C17H25N. The normalized spacial score (nSPS) is 25.9. The molecule has 2 aliphatic carbocycles. The van der Waals surface area contributed by atoms with Crippen LogP contribution >= 0.6 is 0 Å². The molecule has 1 aromatic rings. The first-order valence-electron chi connectivity index (χ1n) is 7.58. The molecule has 0 aromatic heterocycles. The van der Waals surface area contributed by atoms with Gasteiger partial charge in [-0.25, -0.2) is 0 Å². The van der Waals surface area contributed by atoms with Crippen molar-refractivity contribution in [3.8, 4) is 0 Å². The summed E-state index contributed by atoms with van der Waals surface area (Å²) in [4.78, 5) is 0. The third-order valence-corrected chi connectivity index (χ3v) is 4.96. The Bertz CT molecular complexity index is 404. The van der Waals surface area contributed by atoms with E-state index in [1.165, 1.54) is 51.5 Å². The molecule has 1 fully saturated rings. The lowest BCUT2D eigenvalue weighted by Gasteiger charge is -2.31. The van der Waals surface area contributed by atoms with Crippen molar-refractivity contribution in [3.63, 3.8) is 0 Å². The Morgan fingerprint density at radius 3 is 2.78 bits per heavy atom. The SMILES string of the molecule is CC1(CNC2CCCc3ccccc32)CCCC1. The molecule has 1 atom stereocenters. The highest BCUT2D eigenvalue weighted by atomic mass is 14.9. The maximum absolute atomic E-state index is 3.86. The van der Waals surface area contributed by atoms with Crippen LogP contribution in [0, 0.1) is 5.41 Å². The molecule has 0 spiro atoms. The van der Waals surface area contributed by atoms with E-state index in [0.717, 1.165) is 0 Å². The van der Waals surface area contributed by atoms with Gasteiger partial charge in [-0.15, -0.1) is 0 Å². The van der Waals surface area contributed by atoms with Gasteiger partial charge in [-0.05, 0) is 48.6 Å². The largest absolute Gasteiger partial charge is 0.309 e. The van der Waals surface area contributed by atoms with E-state index in [9.17, 15) is 0 Å². The van der Waals surface area contributed by atoms with Gasteiger partial charge < -0.3 is 5.32 Å².